The maximum Gasteiger partial charge on any atom is 0.165 e. The fourth-order valence-electron chi connectivity index (χ4n) is 1.70. The molecule has 0 spiro atoms. The molecule has 0 amide bonds. The van der Waals surface area contributed by atoms with Crippen molar-refractivity contribution in [2.24, 2.45) is 0 Å². The summed E-state index contributed by atoms with van der Waals surface area (Å²) in [6, 6.07) is 7.87. The van der Waals surface area contributed by atoms with Crippen LogP contribution in [0.3, 0.4) is 0 Å². The molecule has 0 fully saturated rings. The lowest BCUT2D eigenvalue weighted by Gasteiger charge is -2.13. The maximum absolute atomic E-state index is 5.91. The van der Waals surface area contributed by atoms with Crippen LogP contribution in [0.15, 0.2) is 35.0 Å². The van der Waals surface area contributed by atoms with Crippen LogP contribution in [0.4, 0.5) is 0 Å². The number of halogens is 1. The van der Waals surface area contributed by atoms with Crippen LogP contribution in [0.25, 0.3) is 0 Å². The van der Waals surface area contributed by atoms with E-state index in [9.17, 15) is 0 Å². The van der Waals surface area contributed by atoms with Gasteiger partial charge in [0.2, 0.25) is 0 Å². The molecule has 2 rings (SSSR count). The summed E-state index contributed by atoms with van der Waals surface area (Å²) < 4.78 is 11.1. The highest BCUT2D eigenvalue weighted by molar-refractivity contribution is 7.07. The minimum absolute atomic E-state index is 0.422. The van der Waals surface area contributed by atoms with E-state index in [4.69, 9.17) is 21.1 Å². The number of ether oxygens (including phenoxy) is 2. The van der Waals surface area contributed by atoms with E-state index in [0.717, 1.165) is 23.5 Å². The largest absolute Gasteiger partial charge is 0.493 e. The zero-order valence-corrected chi connectivity index (χ0v) is 11.8. The molecule has 0 aliphatic carbocycles. The smallest absolute Gasteiger partial charge is 0.165 e. The van der Waals surface area contributed by atoms with Gasteiger partial charge in [-0.3, -0.25) is 0 Å². The lowest BCUT2D eigenvalue weighted by atomic mass is 10.2. The van der Waals surface area contributed by atoms with Gasteiger partial charge in [-0.1, -0.05) is 12.1 Å². The molecule has 0 unspecified atom stereocenters. The van der Waals surface area contributed by atoms with Crippen molar-refractivity contribution >= 4 is 22.9 Å². The summed E-state index contributed by atoms with van der Waals surface area (Å²) in [5, 5.41) is 4.21. The summed E-state index contributed by atoms with van der Waals surface area (Å²) in [7, 11) is 1.64. The molecule has 0 aliphatic heterocycles. The van der Waals surface area contributed by atoms with Gasteiger partial charge in [0.1, 0.15) is 0 Å². The van der Waals surface area contributed by atoms with Gasteiger partial charge in [0.05, 0.1) is 19.6 Å². The van der Waals surface area contributed by atoms with Crippen LogP contribution >= 0.6 is 22.9 Å². The third-order valence-electron chi connectivity index (χ3n) is 2.64. The van der Waals surface area contributed by atoms with Crippen molar-refractivity contribution < 1.29 is 9.47 Å². The molecule has 1 aromatic carbocycles. The molecule has 0 saturated carbocycles. The van der Waals surface area contributed by atoms with E-state index in [-0.39, 0.29) is 0 Å². The topological polar surface area (TPSA) is 18.5 Å². The Labute approximate surface area is 116 Å². The van der Waals surface area contributed by atoms with Crippen molar-refractivity contribution in [3.63, 3.8) is 0 Å². The molecule has 96 valence electrons. The van der Waals surface area contributed by atoms with Gasteiger partial charge in [-0.2, -0.15) is 11.3 Å². The summed E-state index contributed by atoms with van der Waals surface area (Å²) in [6.07, 6.45) is 0.892. The fraction of sp³-hybridized carbons (Fsp3) is 0.286. The monoisotopic (exact) mass is 282 g/mol. The molecule has 4 heteroatoms. The first-order valence-corrected chi connectivity index (χ1v) is 7.18. The Bertz CT molecular complexity index is 460. The Hall–Kier alpha value is -1.19. The van der Waals surface area contributed by atoms with Gasteiger partial charge in [0.25, 0.3) is 0 Å². The molecule has 1 aromatic heterocycles. The lowest BCUT2D eigenvalue weighted by Crippen LogP contribution is -2.04. The molecule has 0 atom stereocenters. The summed E-state index contributed by atoms with van der Waals surface area (Å²) in [5.41, 5.74) is 2.25. The zero-order valence-electron chi connectivity index (χ0n) is 10.2. The van der Waals surface area contributed by atoms with Crippen LogP contribution < -0.4 is 9.47 Å². The summed E-state index contributed by atoms with van der Waals surface area (Å²) in [6.45, 7) is 0.626. The van der Waals surface area contributed by atoms with E-state index in [2.05, 4.69) is 16.8 Å². The fourth-order valence-corrected chi connectivity index (χ4v) is 2.61. The average Bonchev–Trinajstić information content (AvgIpc) is 2.92. The lowest BCUT2D eigenvalue weighted by molar-refractivity contribution is 0.295. The van der Waals surface area contributed by atoms with Crippen LogP contribution in [0.5, 0.6) is 11.5 Å². The van der Waals surface area contributed by atoms with Gasteiger partial charge in [0.15, 0.2) is 11.5 Å². The Morgan fingerprint density at radius 3 is 2.83 bits per heavy atom. The minimum atomic E-state index is 0.422. The third-order valence-corrected chi connectivity index (χ3v) is 3.66. The van der Waals surface area contributed by atoms with Crippen molar-refractivity contribution in [2.45, 2.75) is 12.3 Å². The maximum atomic E-state index is 5.91. The summed E-state index contributed by atoms with van der Waals surface area (Å²) in [4.78, 5) is 0. The van der Waals surface area contributed by atoms with E-state index < -0.39 is 0 Å². The molecule has 0 saturated heterocycles. The Balaban J connectivity index is 2.03. The van der Waals surface area contributed by atoms with E-state index in [0.29, 0.717) is 12.5 Å². The molecule has 18 heavy (non-hydrogen) atoms. The van der Waals surface area contributed by atoms with Crippen molar-refractivity contribution in [3.05, 3.63) is 46.2 Å². The molecular weight excluding hydrogens is 268 g/mol. The van der Waals surface area contributed by atoms with Crippen molar-refractivity contribution in [3.8, 4) is 11.5 Å². The van der Waals surface area contributed by atoms with Gasteiger partial charge < -0.3 is 9.47 Å². The number of thiophene rings is 1. The average molecular weight is 283 g/mol. The molecule has 0 aliphatic rings. The highest BCUT2D eigenvalue weighted by Crippen LogP contribution is 2.32. The number of para-hydroxylation sites is 1. The van der Waals surface area contributed by atoms with Gasteiger partial charge in [-0.05, 0) is 28.5 Å². The van der Waals surface area contributed by atoms with Crippen LogP contribution in [0, 0.1) is 0 Å². The van der Waals surface area contributed by atoms with E-state index in [1.807, 2.05) is 18.2 Å². The first kappa shape index (κ1) is 13.2. The summed E-state index contributed by atoms with van der Waals surface area (Å²) >= 11 is 7.61. The molecular formula is C14H15ClO2S. The van der Waals surface area contributed by atoms with Crippen LogP contribution in [0.1, 0.15) is 11.1 Å². The normalized spacial score (nSPS) is 10.3. The molecule has 0 bridgehead atoms. The predicted molar refractivity (Wildman–Crippen MR) is 76.1 cm³/mol. The number of methoxy groups -OCH3 is 1. The second-order valence-corrected chi connectivity index (χ2v) is 4.86. The first-order valence-electron chi connectivity index (χ1n) is 5.71. The van der Waals surface area contributed by atoms with Crippen LogP contribution in [0.2, 0.25) is 0 Å². The quantitative estimate of drug-likeness (QED) is 0.742. The molecule has 0 N–H and O–H groups in total. The second kappa shape index (κ2) is 6.66. The Kier molecular flexibility index (Phi) is 4.90. The van der Waals surface area contributed by atoms with Crippen LogP contribution in [-0.4, -0.2) is 13.7 Å². The summed E-state index contributed by atoms with van der Waals surface area (Å²) in [5.74, 6) is 1.91. The number of alkyl halides is 1. The number of hydrogen-bond donors (Lipinski definition) is 0. The Morgan fingerprint density at radius 1 is 1.28 bits per heavy atom. The number of benzene rings is 1. The highest BCUT2D eigenvalue weighted by atomic mass is 35.5. The highest BCUT2D eigenvalue weighted by Gasteiger charge is 2.09. The number of rotatable bonds is 6. The standard InChI is InChI=1S/C14H15ClO2S/c1-16-13-4-2-3-12(9-15)14(13)17-7-5-11-6-8-18-10-11/h2-4,6,8,10H,5,7,9H2,1H3. The molecule has 2 nitrogen and oxygen atoms in total. The van der Waals surface area contributed by atoms with Crippen LogP contribution in [-0.2, 0) is 12.3 Å². The first-order chi connectivity index (χ1) is 8.85. The molecule has 2 aromatic rings. The van der Waals surface area contributed by atoms with E-state index >= 15 is 0 Å². The SMILES string of the molecule is COc1cccc(CCl)c1OCCc1ccsc1. The zero-order chi connectivity index (χ0) is 12.8. The van der Waals surface area contributed by atoms with Crippen molar-refractivity contribution in [1.29, 1.82) is 0 Å². The Morgan fingerprint density at radius 2 is 2.17 bits per heavy atom. The minimum Gasteiger partial charge on any atom is -0.493 e. The van der Waals surface area contributed by atoms with Crippen molar-refractivity contribution in [1.82, 2.24) is 0 Å². The van der Waals surface area contributed by atoms with E-state index in [1.165, 1.54) is 5.56 Å². The van der Waals surface area contributed by atoms with Gasteiger partial charge >= 0.3 is 0 Å². The second-order valence-electron chi connectivity index (χ2n) is 3.81. The molecule has 1 heterocycles. The van der Waals surface area contributed by atoms with Gasteiger partial charge in [-0.15, -0.1) is 11.6 Å². The van der Waals surface area contributed by atoms with E-state index in [1.54, 1.807) is 18.4 Å². The predicted octanol–water partition coefficient (Wildman–Crippen LogP) is 4.12. The van der Waals surface area contributed by atoms with Crippen molar-refractivity contribution in [2.75, 3.05) is 13.7 Å². The third kappa shape index (κ3) is 3.18. The van der Waals surface area contributed by atoms with Gasteiger partial charge in [0, 0.05) is 12.0 Å². The molecule has 0 radical (unpaired) electrons. The number of hydrogen-bond acceptors (Lipinski definition) is 3. The van der Waals surface area contributed by atoms with Gasteiger partial charge in [-0.25, -0.2) is 0 Å².